The van der Waals surface area contributed by atoms with Gasteiger partial charge in [0, 0.05) is 12.1 Å². The molecule has 0 spiro atoms. The normalized spacial score (nSPS) is 11.3. The van der Waals surface area contributed by atoms with Gasteiger partial charge < -0.3 is 4.74 Å². The zero-order chi connectivity index (χ0) is 16.9. The zero-order valence-corrected chi connectivity index (χ0v) is 14.3. The van der Waals surface area contributed by atoms with E-state index in [9.17, 15) is 13.2 Å². The third kappa shape index (κ3) is 4.96. The van der Waals surface area contributed by atoms with E-state index in [-0.39, 0.29) is 13.2 Å². The summed E-state index contributed by atoms with van der Waals surface area (Å²) in [6, 6.07) is 3.69. The molecule has 5 nitrogen and oxygen atoms in total. The molecule has 22 heavy (non-hydrogen) atoms. The third-order valence-electron chi connectivity index (χ3n) is 3.07. The molecule has 0 amide bonds. The van der Waals surface area contributed by atoms with Gasteiger partial charge in [0.2, 0.25) is 10.0 Å². The van der Waals surface area contributed by atoms with Gasteiger partial charge in [0.1, 0.15) is 0 Å². The van der Waals surface area contributed by atoms with Gasteiger partial charge in [-0.2, -0.15) is 0 Å². The minimum atomic E-state index is -3.56. The van der Waals surface area contributed by atoms with Crippen molar-refractivity contribution in [1.29, 1.82) is 0 Å². The molecule has 1 aromatic rings. The number of carbonyl (C=O) groups excluding carboxylic acids is 1. The monoisotopic (exact) mass is 325 g/mol. The molecule has 1 N–H and O–H groups in total. The summed E-state index contributed by atoms with van der Waals surface area (Å²) < 4.78 is 32.2. The smallest absolute Gasteiger partial charge is 0.333 e. The minimum absolute atomic E-state index is 0.153. The van der Waals surface area contributed by atoms with Gasteiger partial charge in [0.25, 0.3) is 0 Å². The van der Waals surface area contributed by atoms with E-state index in [4.69, 9.17) is 4.74 Å². The minimum Gasteiger partial charge on any atom is -0.462 e. The molecule has 1 rings (SSSR count). The Balaban J connectivity index is 2.63. The summed E-state index contributed by atoms with van der Waals surface area (Å²) in [6.45, 7) is 10.9. The highest BCUT2D eigenvalue weighted by Crippen LogP contribution is 2.21. The molecule has 0 saturated heterocycles. The molecule has 0 aromatic heterocycles. The maximum absolute atomic E-state index is 12.4. The summed E-state index contributed by atoms with van der Waals surface area (Å²) in [5.74, 6) is -0.465. The number of carbonyl (C=O) groups is 1. The van der Waals surface area contributed by atoms with Crippen LogP contribution in [0.3, 0.4) is 0 Å². The van der Waals surface area contributed by atoms with Crippen LogP contribution in [0, 0.1) is 20.8 Å². The molecule has 0 aliphatic rings. The molecule has 0 atom stereocenters. The maximum Gasteiger partial charge on any atom is 0.333 e. The number of benzene rings is 1. The van der Waals surface area contributed by atoms with Crippen LogP contribution in [0.15, 0.2) is 29.2 Å². The number of rotatable bonds is 7. The Kier molecular flexibility index (Phi) is 6.32. The van der Waals surface area contributed by atoms with Gasteiger partial charge in [-0.1, -0.05) is 24.3 Å². The van der Waals surface area contributed by atoms with Crippen molar-refractivity contribution in [2.24, 2.45) is 0 Å². The topological polar surface area (TPSA) is 72.5 Å². The van der Waals surface area contributed by atoms with Crippen LogP contribution >= 0.6 is 0 Å². The molecule has 0 aliphatic heterocycles. The fraction of sp³-hybridized carbons (Fsp3) is 0.438. The second kappa shape index (κ2) is 7.56. The summed E-state index contributed by atoms with van der Waals surface area (Å²) in [7, 11) is -3.56. The largest absolute Gasteiger partial charge is 0.462 e. The molecular weight excluding hydrogens is 302 g/mol. The Hall–Kier alpha value is -1.66. The van der Waals surface area contributed by atoms with Gasteiger partial charge in [-0.25, -0.2) is 17.9 Å². The number of esters is 1. The van der Waals surface area contributed by atoms with Crippen LogP contribution in [0.5, 0.6) is 0 Å². The van der Waals surface area contributed by atoms with E-state index in [1.165, 1.54) is 0 Å². The van der Waals surface area contributed by atoms with Crippen molar-refractivity contribution in [3.8, 4) is 0 Å². The SMILES string of the molecule is C=C(C)C(=O)OCCCNS(=O)(=O)c1c(C)cc(C)cc1C. The molecule has 1 aromatic carbocycles. The number of aryl methyl sites for hydroxylation is 3. The van der Waals surface area contributed by atoms with Crippen molar-refractivity contribution in [2.75, 3.05) is 13.2 Å². The highest BCUT2D eigenvalue weighted by Gasteiger charge is 2.19. The van der Waals surface area contributed by atoms with E-state index in [2.05, 4.69) is 11.3 Å². The number of sulfonamides is 1. The molecule has 0 heterocycles. The zero-order valence-electron chi connectivity index (χ0n) is 13.5. The van der Waals surface area contributed by atoms with E-state index in [1.807, 2.05) is 19.1 Å². The van der Waals surface area contributed by atoms with Crippen molar-refractivity contribution in [3.63, 3.8) is 0 Å². The number of ether oxygens (including phenoxy) is 1. The molecular formula is C16H23NO4S. The highest BCUT2D eigenvalue weighted by molar-refractivity contribution is 7.89. The second-order valence-corrected chi connectivity index (χ2v) is 7.10. The summed E-state index contributed by atoms with van der Waals surface area (Å²) in [5.41, 5.74) is 2.80. The van der Waals surface area contributed by atoms with Crippen LogP contribution in [-0.2, 0) is 19.6 Å². The van der Waals surface area contributed by atoms with Crippen molar-refractivity contribution in [1.82, 2.24) is 4.72 Å². The lowest BCUT2D eigenvalue weighted by atomic mass is 10.1. The molecule has 6 heteroatoms. The highest BCUT2D eigenvalue weighted by atomic mass is 32.2. The lowest BCUT2D eigenvalue weighted by Gasteiger charge is -2.13. The van der Waals surface area contributed by atoms with Crippen molar-refractivity contribution >= 4 is 16.0 Å². The van der Waals surface area contributed by atoms with Crippen molar-refractivity contribution in [3.05, 3.63) is 41.0 Å². The van der Waals surface area contributed by atoms with Crippen LogP contribution in [0.4, 0.5) is 0 Å². The quantitative estimate of drug-likeness (QED) is 0.475. The van der Waals surface area contributed by atoms with Gasteiger partial charge in [0.05, 0.1) is 11.5 Å². The Labute approximate surface area is 132 Å². The first-order valence-electron chi connectivity index (χ1n) is 7.05. The van der Waals surface area contributed by atoms with Gasteiger partial charge in [0.15, 0.2) is 0 Å². The van der Waals surface area contributed by atoms with Crippen LogP contribution < -0.4 is 4.72 Å². The van der Waals surface area contributed by atoms with Crippen molar-refractivity contribution in [2.45, 2.75) is 39.0 Å². The van der Waals surface area contributed by atoms with Gasteiger partial charge in [-0.15, -0.1) is 0 Å². The molecule has 0 bridgehead atoms. The number of hydrogen-bond donors (Lipinski definition) is 1. The Morgan fingerprint density at radius 3 is 2.27 bits per heavy atom. The molecule has 0 saturated carbocycles. The molecule has 0 aliphatic carbocycles. The molecule has 122 valence electrons. The number of nitrogens with one attached hydrogen (secondary N) is 1. The summed E-state index contributed by atoms with van der Waals surface area (Å²) in [5, 5.41) is 0. The molecule has 0 unspecified atom stereocenters. The third-order valence-corrected chi connectivity index (χ3v) is 4.83. The van der Waals surface area contributed by atoms with Gasteiger partial charge in [-0.05, 0) is 45.2 Å². The summed E-state index contributed by atoms with van der Waals surface area (Å²) in [4.78, 5) is 11.5. The first kappa shape index (κ1) is 18.4. The Morgan fingerprint density at radius 1 is 1.23 bits per heavy atom. The first-order valence-corrected chi connectivity index (χ1v) is 8.53. The lowest BCUT2D eigenvalue weighted by Crippen LogP contribution is -2.27. The van der Waals surface area contributed by atoms with E-state index < -0.39 is 16.0 Å². The average molecular weight is 325 g/mol. The predicted molar refractivity (Wildman–Crippen MR) is 86.2 cm³/mol. The fourth-order valence-electron chi connectivity index (χ4n) is 2.23. The average Bonchev–Trinajstić information content (AvgIpc) is 2.35. The predicted octanol–water partition coefficient (Wildman–Crippen LogP) is 2.40. The van der Waals surface area contributed by atoms with E-state index >= 15 is 0 Å². The van der Waals surface area contributed by atoms with E-state index in [0.717, 1.165) is 16.7 Å². The van der Waals surface area contributed by atoms with Crippen LogP contribution in [0.2, 0.25) is 0 Å². The Bertz CT molecular complexity index is 654. The second-order valence-electron chi connectivity index (χ2n) is 5.40. The van der Waals surface area contributed by atoms with Crippen molar-refractivity contribution < 1.29 is 17.9 Å². The lowest BCUT2D eigenvalue weighted by molar-refractivity contribution is -0.138. The number of hydrogen-bond acceptors (Lipinski definition) is 4. The van der Waals surface area contributed by atoms with Gasteiger partial charge >= 0.3 is 5.97 Å². The van der Waals surface area contributed by atoms with Crippen LogP contribution in [-0.4, -0.2) is 27.5 Å². The van der Waals surface area contributed by atoms with E-state index in [0.29, 0.717) is 16.9 Å². The molecule has 0 fully saturated rings. The standard InChI is InChI=1S/C16H23NO4S/c1-11(2)16(18)21-8-6-7-17-22(19,20)15-13(4)9-12(3)10-14(15)5/h9-10,17H,1,6-8H2,2-5H3. The first-order chi connectivity index (χ1) is 10.1. The summed E-state index contributed by atoms with van der Waals surface area (Å²) >= 11 is 0. The summed E-state index contributed by atoms with van der Waals surface area (Å²) in [6.07, 6.45) is 0.405. The van der Waals surface area contributed by atoms with E-state index in [1.54, 1.807) is 20.8 Å². The Morgan fingerprint density at radius 2 is 1.77 bits per heavy atom. The maximum atomic E-state index is 12.4. The van der Waals surface area contributed by atoms with Crippen LogP contribution in [0.25, 0.3) is 0 Å². The van der Waals surface area contributed by atoms with Gasteiger partial charge in [-0.3, -0.25) is 0 Å². The fourth-order valence-corrected chi connectivity index (χ4v) is 3.75. The molecule has 0 radical (unpaired) electrons. The van der Waals surface area contributed by atoms with Crippen LogP contribution in [0.1, 0.15) is 30.0 Å².